The largest absolute Gasteiger partial charge is 0.468 e. The Morgan fingerprint density at radius 1 is 1.29 bits per heavy atom. The molecular formula is C19H27NO4. The quantitative estimate of drug-likeness (QED) is 0.777. The lowest BCUT2D eigenvalue weighted by atomic mass is 9.86. The van der Waals surface area contributed by atoms with E-state index in [0.717, 1.165) is 31.6 Å². The molecular weight excluding hydrogens is 306 g/mol. The highest BCUT2D eigenvalue weighted by Crippen LogP contribution is 2.35. The number of nitrogens with one attached hydrogen (secondary N) is 1. The monoisotopic (exact) mass is 333 g/mol. The topological polar surface area (TPSA) is 56.8 Å². The van der Waals surface area contributed by atoms with E-state index in [2.05, 4.69) is 29.6 Å². The van der Waals surface area contributed by atoms with Gasteiger partial charge in [0, 0.05) is 33.2 Å². The number of carbonyl (C=O) groups is 1. The molecule has 1 aromatic rings. The summed E-state index contributed by atoms with van der Waals surface area (Å²) in [5, 5.41) is 2.95. The number of esters is 1. The van der Waals surface area contributed by atoms with Crippen LogP contribution in [0.4, 0.5) is 0 Å². The summed E-state index contributed by atoms with van der Waals surface area (Å²) in [7, 11) is 4.92. The van der Waals surface area contributed by atoms with Gasteiger partial charge in [-0.1, -0.05) is 36.4 Å². The van der Waals surface area contributed by atoms with Crippen molar-refractivity contribution in [1.29, 1.82) is 0 Å². The normalized spacial score (nSPS) is 18.5. The number of hydrogen-bond donors (Lipinski definition) is 1. The molecule has 0 saturated carbocycles. The first kappa shape index (κ1) is 18.6. The van der Waals surface area contributed by atoms with Crippen LogP contribution in [0.5, 0.6) is 0 Å². The standard InChI is InChI=1S/C19H27NO4/c1-20-17(18(21)22-2)6-4-5-15-7-9-16(10-8-15)19(23-3)11-13-24-14-12-19/h4-5,7-10,17,20H,6,11-14H2,1-3H3/b5-4+. The van der Waals surface area contributed by atoms with Gasteiger partial charge in [-0.15, -0.1) is 0 Å². The van der Waals surface area contributed by atoms with E-state index in [1.165, 1.54) is 12.7 Å². The second-order valence-corrected chi connectivity index (χ2v) is 5.94. The van der Waals surface area contributed by atoms with Gasteiger partial charge < -0.3 is 19.5 Å². The van der Waals surface area contributed by atoms with E-state index in [1.807, 2.05) is 12.2 Å². The molecule has 24 heavy (non-hydrogen) atoms. The number of carbonyl (C=O) groups excluding carboxylic acids is 1. The van der Waals surface area contributed by atoms with Crippen LogP contribution in [-0.2, 0) is 24.6 Å². The van der Waals surface area contributed by atoms with Crippen LogP contribution in [0.1, 0.15) is 30.4 Å². The van der Waals surface area contributed by atoms with E-state index < -0.39 is 0 Å². The highest BCUT2D eigenvalue weighted by Gasteiger charge is 2.34. The average molecular weight is 333 g/mol. The minimum Gasteiger partial charge on any atom is -0.468 e. The molecule has 1 saturated heterocycles. The highest BCUT2D eigenvalue weighted by molar-refractivity contribution is 5.76. The molecule has 1 atom stereocenters. The lowest BCUT2D eigenvalue weighted by molar-refractivity contribution is -0.142. The van der Waals surface area contributed by atoms with Crippen molar-refractivity contribution in [2.24, 2.45) is 0 Å². The maximum atomic E-state index is 11.5. The smallest absolute Gasteiger partial charge is 0.323 e. The second kappa shape index (κ2) is 8.97. The number of rotatable bonds is 7. The Hall–Kier alpha value is -1.69. The molecule has 5 heteroatoms. The summed E-state index contributed by atoms with van der Waals surface area (Å²) in [6.07, 6.45) is 6.34. The van der Waals surface area contributed by atoms with Crippen LogP contribution in [0, 0.1) is 0 Å². The molecule has 2 rings (SSSR count). The highest BCUT2D eigenvalue weighted by atomic mass is 16.5. The van der Waals surface area contributed by atoms with Crippen molar-refractivity contribution >= 4 is 12.0 Å². The molecule has 132 valence electrons. The van der Waals surface area contributed by atoms with Crippen LogP contribution in [0.2, 0.25) is 0 Å². The molecule has 0 aliphatic carbocycles. The first-order valence-electron chi connectivity index (χ1n) is 8.30. The van der Waals surface area contributed by atoms with Crippen molar-refractivity contribution in [1.82, 2.24) is 5.32 Å². The van der Waals surface area contributed by atoms with Crippen molar-refractivity contribution < 1.29 is 19.0 Å². The molecule has 1 N–H and O–H groups in total. The lowest BCUT2D eigenvalue weighted by Gasteiger charge is -2.36. The Kier molecular flexibility index (Phi) is 6.97. The molecule has 5 nitrogen and oxygen atoms in total. The van der Waals surface area contributed by atoms with Crippen LogP contribution >= 0.6 is 0 Å². The fourth-order valence-electron chi connectivity index (χ4n) is 3.02. The van der Waals surface area contributed by atoms with Crippen molar-refractivity contribution in [2.45, 2.75) is 30.9 Å². The van der Waals surface area contributed by atoms with Gasteiger partial charge in [-0.2, -0.15) is 0 Å². The van der Waals surface area contributed by atoms with Gasteiger partial charge in [0.1, 0.15) is 6.04 Å². The average Bonchev–Trinajstić information content (AvgIpc) is 2.65. The number of ether oxygens (including phenoxy) is 3. The molecule has 1 aromatic carbocycles. The van der Waals surface area contributed by atoms with E-state index in [4.69, 9.17) is 14.2 Å². The summed E-state index contributed by atoms with van der Waals surface area (Å²) in [5.41, 5.74) is 2.05. The molecule has 1 aliphatic heterocycles. The summed E-state index contributed by atoms with van der Waals surface area (Å²) >= 11 is 0. The van der Waals surface area contributed by atoms with E-state index in [0.29, 0.717) is 6.42 Å². The molecule has 0 amide bonds. The minimum absolute atomic E-state index is 0.234. The van der Waals surface area contributed by atoms with Crippen LogP contribution in [0.3, 0.4) is 0 Å². The number of likely N-dealkylation sites (N-methyl/N-ethyl adjacent to an activating group) is 1. The van der Waals surface area contributed by atoms with E-state index in [-0.39, 0.29) is 17.6 Å². The first-order valence-corrected chi connectivity index (χ1v) is 8.30. The second-order valence-electron chi connectivity index (χ2n) is 5.94. The lowest BCUT2D eigenvalue weighted by Crippen LogP contribution is -2.35. The molecule has 0 spiro atoms. The Morgan fingerprint density at radius 3 is 2.50 bits per heavy atom. The van der Waals surface area contributed by atoms with Crippen LogP contribution in [0.25, 0.3) is 6.08 Å². The summed E-state index contributed by atoms with van der Waals surface area (Å²) in [4.78, 5) is 11.5. The Morgan fingerprint density at radius 2 is 1.96 bits per heavy atom. The van der Waals surface area contributed by atoms with Crippen molar-refractivity contribution in [3.05, 3.63) is 41.5 Å². The third-order valence-corrected chi connectivity index (χ3v) is 4.64. The van der Waals surface area contributed by atoms with Crippen LogP contribution in [-0.4, -0.2) is 46.5 Å². The minimum atomic E-state index is -0.315. The van der Waals surface area contributed by atoms with E-state index >= 15 is 0 Å². The summed E-state index contributed by atoms with van der Waals surface area (Å²) in [6, 6.07) is 8.07. The van der Waals surface area contributed by atoms with E-state index in [9.17, 15) is 4.79 Å². The Balaban J connectivity index is 2.01. The number of benzene rings is 1. The van der Waals surface area contributed by atoms with Crippen LogP contribution < -0.4 is 5.32 Å². The molecule has 0 aromatic heterocycles. The molecule has 0 radical (unpaired) electrons. The summed E-state index contributed by atoms with van der Waals surface area (Å²) in [6.45, 7) is 1.46. The molecule has 1 aliphatic rings. The van der Waals surface area contributed by atoms with Gasteiger partial charge in [-0.05, 0) is 24.6 Å². The Bertz CT molecular complexity index is 547. The zero-order chi connectivity index (χ0) is 17.4. The SMILES string of the molecule is CNC(C/C=C/c1ccc(C2(OC)CCOCC2)cc1)C(=O)OC. The predicted octanol–water partition coefficient (Wildman–Crippen LogP) is 2.50. The zero-order valence-corrected chi connectivity index (χ0v) is 14.7. The van der Waals surface area contributed by atoms with Gasteiger partial charge in [0.2, 0.25) is 0 Å². The van der Waals surface area contributed by atoms with Gasteiger partial charge in [0.15, 0.2) is 0 Å². The van der Waals surface area contributed by atoms with Crippen molar-refractivity contribution in [3.8, 4) is 0 Å². The molecule has 0 bridgehead atoms. The van der Waals surface area contributed by atoms with E-state index in [1.54, 1.807) is 14.2 Å². The van der Waals surface area contributed by atoms with Crippen molar-refractivity contribution in [3.63, 3.8) is 0 Å². The molecule has 1 unspecified atom stereocenters. The Labute approximate surface area is 144 Å². The molecule has 1 fully saturated rings. The van der Waals surface area contributed by atoms with Gasteiger partial charge in [-0.25, -0.2) is 0 Å². The van der Waals surface area contributed by atoms with Crippen molar-refractivity contribution in [2.75, 3.05) is 34.5 Å². The van der Waals surface area contributed by atoms with Gasteiger partial charge in [0.25, 0.3) is 0 Å². The fraction of sp³-hybridized carbons (Fsp3) is 0.526. The maximum Gasteiger partial charge on any atom is 0.323 e. The van der Waals surface area contributed by atoms with Gasteiger partial charge in [-0.3, -0.25) is 4.79 Å². The summed E-state index contributed by atoms with van der Waals surface area (Å²) < 4.78 is 16.0. The number of hydrogen-bond acceptors (Lipinski definition) is 5. The zero-order valence-electron chi connectivity index (χ0n) is 14.7. The number of methoxy groups -OCH3 is 2. The maximum absolute atomic E-state index is 11.5. The molecule has 1 heterocycles. The fourth-order valence-corrected chi connectivity index (χ4v) is 3.02. The van der Waals surface area contributed by atoms with Gasteiger partial charge in [0.05, 0.1) is 12.7 Å². The first-order chi connectivity index (χ1) is 11.6. The predicted molar refractivity (Wildman–Crippen MR) is 93.7 cm³/mol. The third kappa shape index (κ3) is 4.44. The van der Waals surface area contributed by atoms with Gasteiger partial charge >= 0.3 is 5.97 Å². The van der Waals surface area contributed by atoms with Crippen LogP contribution in [0.15, 0.2) is 30.3 Å². The summed E-state index contributed by atoms with van der Waals surface area (Å²) in [5.74, 6) is -0.251. The third-order valence-electron chi connectivity index (χ3n) is 4.64.